The molecular weight excluding hydrogens is 1460 g/mol. The van der Waals surface area contributed by atoms with E-state index in [9.17, 15) is 0 Å². The highest BCUT2D eigenvalue weighted by Crippen LogP contribution is 2.65. The van der Waals surface area contributed by atoms with Crippen LogP contribution in [0.3, 0.4) is 0 Å². The van der Waals surface area contributed by atoms with E-state index in [1.54, 1.807) is 11.3 Å². The average molecular weight is 1530 g/mol. The van der Waals surface area contributed by atoms with Gasteiger partial charge in [0.05, 0.1) is 22.0 Å². The third-order valence-electron chi connectivity index (χ3n) is 24.9. The Balaban J connectivity index is 0.000000111. The zero-order valence-corrected chi connectivity index (χ0v) is 65.8. The molecule has 0 radical (unpaired) electrons. The van der Waals surface area contributed by atoms with Gasteiger partial charge in [-0.2, -0.15) is 9.97 Å². The topological polar surface area (TPSA) is 95.8 Å². The Kier molecular flexibility index (Phi) is 15.6. The molecule has 2 spiro atoms. The first kappa shape index (κ1) is 69.0. The van der Waals surface area contributed by atoms with E-state index in [2.05, 4.69) is 316 Å². The van der Waals surface area contributed by atoms with Gasteiger partial charge in [-0.15, -0.1) is 22.7 Å². The van der Waals surface area contributed by atoms with Gasteiger partial charge in [-0.05, 0) is 179 Å². The third-order valence-corrected chi connectivity index (χ3v) is 27.3. The summed E-state index contributed by atoms with van der Waals surface area (Å²) in [6, 6.07) is 118. The summed E-state index contributed by atoms with van der Waals surface area (Å²) in [4.78, 5) is 29.0. The maximum atomic E-state index is 6.60. The molecule has 8 nitrogen and oxygen atoms in total. The molecule has 5 heterocycles. The predicted molar refractivity (Wildman–Crippen MR) is 478 cm³/mol. The second kappa shape index (κ2) is 25.9. The van der Waals surface area contributed by atoms with Crippen LogP contribution in [0.25, 0.3) is 163 Å². The van der Waals surface area contributed by atoms with Gasteiger partial charge in [0.25, 0.3) is 0 Å². The van der Waals surface area contributed by atoms with E-state index in [0.29, 0.717) is 29.1 Å². The first-order chi connectivity index (χ1) is 55.9. The van der Waals surface area contributed by atoms with Crippen molar-refractivity contribution >= 4 is 130 Å². The fourth-order valence-corrected chi connectivity index (χ4v) is 21.8. The quantitative estimate of drug-likeness (QED) is 0.0923. The highest BCUT2D eigenvalue weighted by molar-refractivity contribution is 7.26. The van der Waals surface area contributed by atoms with Crippen LogP contribution < -0.4 is 5.46 Å². The Hall–Kier alpha value is -12.7. The molecule has 4 aromatic heterocycles. The van der Waals surface area contributed by atoms with Crippen LogP contribution in [-0.2, 0) is 20.1 Å². The van der Waals surface area contributed by atoms with Crippen molar-refractivity contribution in [3.8, 4) is 79.2 Å². The first-order valence-corrected chi connectivity index (χ1v) is 40.8. The molecule has 20 aromatic rings. The van der Waals surface area contributed by atoms with Crippen molar-refractivity contribution in [2.45, 2.75) is 49.7 Å². The normalized spacial score (nSPS) is 14.8. The smallest absolute Gasteiger partial charge is 0.399 e. The molecule has 1 saturated heterocycles. The van der Waals surface area contributed by atoms with Gasteiger partial charge < -0.3 is 16.7 Å². The molecule has 0 saturated carbocycles. The maximum absolute atomic E-state index is 6.60. The van der Waals surface area contributed by atoms with E-state index in [1.165, 1.54) is 150 Å². The van der Waals surface area contributed by atoms with E-state index >= 15 is 0 Å². The lowest BCUT2D eigenvalue weighted by Crippen LogP contribution is -2.41. The fraction of sp³-hybridized carbons (Fsp3) is 0.0777. The number of halogens is 1. The molecule has 25 rings (SSSR count). The molecule has 12 heteroatoms. The van der Waals surface area contributed by atoms with Crippen LogP contribution in [0, 0.1) is 7.43 Å². The van der Waals surface area contributed by atoms with Crippen LogP contribution in [0.5, 0.6) is 0 Å². The van der Waals surface area contributed by atoms with E-state index in [4.69, 9.17) is 35.9 Å². The summed E-state index contributed by atoms with van der Waals surface area (Å²) in [6.07, 6.45) is 0. The van der Waals surface area contributed by atoms with Gasteiger partial charge in [-0.3, -0.25) is 0 Å². The molecule has 0 N–H and O–H groups in total. The summed E-state index contributed by atoms with van der Waals surface area (Å²) in [5, 5.41) is 15.9. The van der Waals surface area contributed by atoms with Crippen LogP contribution in [0.4, 0.5) is 0 Å². The van der Waals surface area contributed by atoms with Crippen molar-refractivity contribution in [1.82, 2.24) is 29.9 Å². The van der Waals surface area contributed by atoms with Gasteiger partial charge >= 0.3 is 7.12 Å². The molecule has 1 fully saturated rings. The third kappa shape index (κ3) is 10.1. The molecule has 0 unspecified atom stereocenters. The number of benzene rings is 16. The first-order valence-electron chi connectivity index (χ1n) is 38.7. The molecule has 0 amide bonds. The van der Waals surface area contributed by atoms with Crippen molar-refractivity contribution in [2.24, 2.45) is 0 Å². The Morgan fingerprint density at radius 2 is 0.617 bits per heavy atom. The van der Waals surface area contributed by atoms with Crippen molar-refractivity contribution in [2.75, 3.05) is 0 Å². The lowest BCUT2D eigenvalue weighted by atomic mass is 9.68. The van der Waals surface area contributed by atoms with Crippen LogP contribution in [0.15, 0.2) is 328 Å². The van der Waals surface area contributed by atoms with Crippen LogP contribution in [0.1, 0.15) is 72.2 Å². The van der Waals surface area contributed by atoms with Gasteiger partial charge in [-0.25, -0.2) is 19.9 Å². The van der Waals surface area contributed by atoms with E-state index < -0.39 is 23.7 Å². The van der Waals surface area contributed by atoms with Crippen molar-refractivity contribution < 1.29 is 9.31 Å². The lowest BCUT2D eigenvalue weighted by Gasteiger charge is -2.32. The van der Waals surface area contributed by atoms with Gasteiger partial charge in [0.1, 0.15) is 0 Å². The summed E-state index contributed by atoms with van der Waals surface area (Å²) in [5.41, 5.74) is 20.0. The molecule has 5 aliphatic rings. The van der Waals surface area contributed by atoms with Gasteiger partial charge in [0.15, 0.2) is 29.1 Å². The number of aromatic nitrogens is 6. The van der Waals surface area contributed by atoms with Gasteiger partial charge in [0, 0.05) is 68.2 Å². The maximum Gasteiger partial charge on any atom is 0.495 e. The second-order valence-corrected chi connectivity index (χ2v) is 33.8. The van der Waals surface area contributed by atoms with Crippen LogP contribution in [0.2, 0.25) is 5.28 Å². The molecule has 4 aliphatic carbocycles. The summed E-state index contributed by atoms with van der Waals surface area (Å²) in [6.45, 7) is 8.50. The van der Waals surface area contributed by atoms with Crippen molar-refractivity contribution in [1.29, 1.82) is 0 Å². The number of thiophene rings is 2. The van der Waals surface area contributed by atoms with E-state index in [0.717, 1.165) is 33.3 Å². The number of hydrogen-bond donors (Lipinski definition) is 0. The molecule has 0 atom stereocenters. The molecule has 115 heavy (non-hydrogen) atoms. The molecule has 16 aromatic carbocycles. The number of nitrogens with zero attached hydrogens (tertiary/aromatic N) is 6. The van der Waals surface area contributed by atoms with Crippen molar-refractivity contribution in [3.05, 3.63) is 385 Å². The Morgan fingerprint density at radius 3 is 1.10 bits per heavy atom. The summed E-state index contributed by atoms with van der Waals surface area (Å²) in [5.74, 6) is 3.18. The number of rotatable bonds is 6. The zero-order chi connectivity index (χ0) is 75.9. The molecule has 1 aliphatic heterocycles. The minimum absolute atomic E-state index is 0. The standard InChI is InChI=1S/C48H27N3S.C33H27BO2.C21H12ClN3S.CH3/c1-2-11-30(12-3-1)45-49-46(31-25-26-33-32-15-5-7-22-40(32)52-41(33)27-31)51-47(50-45)35-17-10-21-39-44(35)34-16-4-6-18-36(34)48(39)37-19-8-13-28-23-24-29-14-9-20-38(48)43(29)42(28)37;1-31(2)32(3,4)36-34(35-31)27-17-9-16-26-30(27)22-12-5-6-13-23(22)33(26)24-14-7-10-20-18-19-21-11-8-15-25(33)29(21)28(20)24;22-21-24-19(13-6-2-1-3-7-13)23-20(25-21)14-10-11-16-15-8-4-5-9-17(15)26-18(16)12-14;/h1-27H;5-19H,1-4H3;1-12H;1H3/q;;;-1. The molecule has 0 bridgehead atoms. The monoisotopic (exact) mass is 1530 g/mol. The minimum Gasteiger partial charge on any atom is -0.399 e. The molecular formula is C103H69BClN6O2S2-. The zero-order valence-electron chi connectivity index (χ0n) is 63.4. The lowest BCUT2D eigenvalue weighted by molar-refractivity contribution is 0.00578. The van der Waals surface area contributed by atoms with Crippen LogP contribution in [-0.4, -0.2) is 48.2 Å². The Bertz CT molecular complexity index is 7360. The highest BCUT2D eigenvalue weighted by Gasteiger charge is 2.57. The van der Waals surface area contributed by atoms with Gasteiger partial charge in [-0.1, -0.05) is 303 Å². The summed E-state index contributed by atoms with van der Waals surface area (Å²) >= 11 is 9.75. The summed E-state index contributed by atoms with van der Waals surface area (Å²) < 4.78 is 18.2. The average Bonchev–Trinajstić information content (AvgIpc) is 1.50. The van der Waals surface area contributed by atoms with Crippen LogP contribution >= 0.6 is 34.3 Å². The van der Waals surface area contributed by atoms with E-state index in [1.807, 2.05) is 65.9 Å². The number of hydrogen-bond acceptors (Lipinski definition) is 10. The number of fused-ring (bicyclic) bond motifs is 20. The summed E-state index contributed by atoms with van der Waals surface area (Å²) in [7, 11) is -0.413. The Labute approximate surface area is 678 Å². The SMILES string of the molecule is CC1(C)OB(c2cccc3c2-c2ccccc2C32c3cccc4ccc5cccc2c5c34)OC1(C)C.Clc1nc(-c2ccccc2)nc(-c2ccc3c(c2)sc2ccccc23)n1.[CH3-].c1ccc(-c2nc(-c3ccc4c(c3)sc3ccccc34)nc(-c3cccc4c3-c3ccccc3C43c4cccc5ccc6cccc3c6c45)n2)cc1. The highest BCUT2D eigenvalue weighted by atomic mass is 35.5. The van der Waals surface area contributed by atoms with Gasteiger partial charge in [0.2, 0.25) is 5.28 Å². The largest absolute Gasteiger partial charge is 0.495 e. The Morgan fingerprint density at radius 1 is 0.278 bits per heavy atom. The predicted octanol–water partition coefficient (Wildman–Crippen LogP) is 25.9. The minimum atomic E-state index is -0.449. The van der Waals surface area contributed by atoms with E-state index in [-0.39, 0.29) is 18.1 Å². The fourth-order valence-electron chi connectivity index (χ4n) is 19.3. The second-order valence-electron chi connectivity index (χ2n) is 31.3. The molecule has 546 valence electrons. The van der Waals surface area contributed by atoms with Crippen molar-refractivity contribution in [3.63, 3.8) is 0 Å².